The standard InChI is InChI=1S/C16H36NO2S2.BrH/c1-5-8-12-17(13-9-6-2,14-10-7-3)15-11-16-20-21(4,18)19;/h5-16H2,1-4H3;1H/q+1;/p-1. The summed E-state index contributed by atoms with van der Waals surface area (Å²) in [7, 11) is -1.77. The molecule has 0 aliphatic rings. The van der Waals surface area contributed by atoms with Crippen LogP contribution in [-0.2, 0) is 8.87 Å². The van der Waals surface area contributed by atoms with Gasteiger partial charge in [-0.1, -0.05) is 40.0 Å². The average molecular weight is 419 g/mol. The van der Waals surface area contributed by atoms with E-state index in [2.05, 4.69) is 20.8 Å². The van der Waals surface area contributed by atoms with Crippen LogP contribution < -0.4 is 17.0 Å². The van der Waals surface area contributed by atoms with E-state index in [4.69, 9.17) is 0 Å². The number of unbranched alkanes of at least 4 members (excludes halogenated alkanes) is 3. The third-order valence-corrected chi connectivity index (χ3v) is 6.70. The first-order chi connectivity index (χ1) is 9.89. The molecular formula is C16H36BrNO2S2. The monoisotopic (exact) mass is 417 g/mol. The van der Waals surface area contributed by atoms with Crippen LogP contribution in [0, 0.1) is 0 Å². The van der Waals surface area contributed by atoms with Gasteiger partial charge in [-0.3, -0.25) is 0 Å². The Labute approximate surface area is 153 Å². The molecule has 22 heavy (non-hydrogen) atoms. The van der Waals surface area contributed by atoms with Crippen LogP contribution in [0.2, 0.25) is 0 Å². The first-order valence-electron chi connectivity index (χ1n) is 8.58. The summed E-state index contributed by atoms with van der Waals surface area (Å²) in [6.45, 7) is 11.7. The van der Waals surface area contributed by atoms with E-state index >= 15 is 0 Å². The molecule has 0 heterocycles. The van der Waals surface area contributed by atoms with Gasteiger partial charge in [0.05, 0.1) is 26.2 Å². The highest BCUT2D eigenvalue weighted by Gasteiger charge is 2.25. The zero-order chi connectivity index (χ0) is 16.2. The van der Waals surface area contributed by atoms with Crippen LogP contribution in [0.1, 0.15) is 65.7 Å². The summed E-state index contributed by atoms with van der Waals surface area (Å²) in [6.07, 6.45) is 9.91. The Bertz CT molecular complexity index is 326. The van der Waals surface area contributed by atoms with Gasteiger partial charge in [0.15, 0.2) is 8.87 Å². The molecule has 0 aromatic rings. The highest BCUT2D eigenvalue weighted by Crippen LogP contribution is 2.18. The van der Waals surface area contributed by atoms with Crippen molar-refractivity contribution in [2.45, 2.75) is 65.7 Å². The molecule has 136 valence electrons. The van der Waals surface area contributed by atoms with E-state index in [1.165, 1.54) is 68.9 Å². The smallest absolute Gasteiger partial charge is 0.198 e. The van der Waals surface area contributed by atoms with Crippen molar-refractivity contribution in [3.8, 4) is 0 Å². The lowest BCUT2D eigenvalue weighted by molar-refractivity contribution is -0.928. The van der Waals surface area contributed by atoms with E-state index < -0.39 is 8.87 Å². The Morgan fingerprint density at radius 3 is 1.45 bits per heavy atom. The quantitative estimate of drug-likeness (QED) is 0.242. The zero-order valence-electron chi connectivity index (χ0n) is 14.9. The first-order valence-corrected chi connectivity index (χ1v) is 12.0. The topological polar surface area (TPSA) is 34.1 Å². The van der Waals surface area contributed by atoms with Gasteiger partial charge in [-0.15, -0.1) is 0 Å². The Hall–Kier alpha value is 0.740. The third-order valence-electron chi connectivity index (χ3n) is 4.03. The molecular weight excluding hydrogens is 382 g/mol. The average Bonchev–Trinajstić information content (AvgIpc) is 2.43. The maximum atomic E-state index is 11.2. The highest BCUT2D eigenvalue weighted by molar-refractivity contribution is 8.71. The van der Waals surface area contributed by atoms with Crippen LogP contribution in [-0.4, -0.2) is 51.1 Å². The second-order valence-electron chi connectivity index (χ2n) is 6.18. The van der Waals surface area contributed by atoms with Gasteiger partial charge in [0.1, 0.15) is 0 Å². The molecule has 3 nitrogen and oxygen atoms in total. The van der Waals surface area contributed by atoms with E-state index in [-0.39, 0.29) is 17.0 Å². The molecule has 0 unspecified atom stereocenters. The fourth-order valence-electron chi connectivity index (χ4n) is 2.76. The molecule has 0 fully saturated rings. The van der Waals surface area contributed by atoms with Crippen LogP contribution in [0.3, 0.4) is 0 Å². The fraction of sp³-hybridized carbons (Fsp3) is 1.00. The minimum atomic E-state index is -2.88. The predicted molar refractivity (Wildman–Crippen MR) is 96.4 cm³/mol. The molecule has 0 aromatic heterocycles. The summed E-state index contributed by atoms with van der Waals surface area (Å²) in [5, 5.41) is 0. The van der Waals surface area contributed by atoms with E-state index in [1.54, 1.807) is 0 Å². The van der Waals surface area contributed by atoms with E-state index in [9.17, 15) is 8.42 Å². The molecule has 0 N–H and O–H groups in total. The zero-order valence-corrected chi connectivity index (χ0v) is 18.2. The van der Waals surface area contributed by atoms with E-state index in [1.807, 2.05) is 0 Å². The third kappa shape index (κ3) is 13.2. The Kier molecular flexibility index (Phi) is 16.0. The molecule has 0 saturated carbocycles. The maximum absolute atomic E-state index is 11.2. The lowest BCUT2D eigenvalue weighted by atomic mass is 10.1. The molecule has 0 atom stereocenters. The molecule has 0 rings (SSSR count). The number of nitrogens with zero attached hydrogens (tertiary/aromatic N) is 1. The first kappa shape index (κ1) is 25.0. The summed E-state index contributed by atoms with van der Waals surface area (Å²) < 4.78 is 23.7. The van der Waals surface area contributed by atoms with Crippen LogP contribution in [0.15, 0.2) is 0 Å². The van der Waals surface area contributed by atoms with Crippen molar-refractivity contribution < 1.29 is 29.9 Å². The molecule has 0 aliphatic heterocycles. The van der Waals surface area contributed by atoms with Gasteiger partial charge in [-0.2, -0.15) is 0 Å². The molecule has 0 bridgehead atoms. The second-order valence-corrected chi connectivity index (χ2v) is 10.8. The molecule has 0 aromatic carbocycles. The van der Waals surface area contributed by atoms with Crippen LogP contribution in [0.5, 0.6) is 0 Å². The lowest BCUT2D eigenvalue weighted by Crippen LogP contribution is -3.00. The van der Waals surface area contributed by atoms with Crippen LogP contribution >= 0.6 is 10.8 Å². The molecule has 0 aliphatic carbocycles. The van der Waals surface area contributed by atoms with Gasteiger partial charge in [0, 0.05) is 18.4 Å². The van der Waals surface area contributed by atoms with Crippen molar-refractivity contribution in [2.75, 3.05) is 38.2 Å². The summed E-state index contributed by atoms with van der Waals surface area (Å²) in [4.78, 5) is 0. The minimum Gasteiger partial charge on any atom is -1.00 e. The predicted octanol–water partition coefficient (Wildman–Crippen LogP) is 1.29. The van der Waals surface area contributed by atoms with Gasteiger partial charge >= 0.3 is 0 Å². The van der Waals surface area contributed by atoms with Gasteiger partial charge in [-0.25, -0.2) is 8.42 Å². The number of hydrogen-bond acceptors (Lipinski definition) is 3. The van der Waals surface area contributed by atoms with Crippen molar-refractivity contribution in [2.24, 2.45) is 0 Å². The number of hydrogen-bond donors (Lipinski definition) is 0. The highest BCUT2D eigenvalue weighted by atomic mass is 79.9. The number of rotatable bonds is 14. The molecule has 0 amide bonds. The van der Waals surface area contributed by atoms with Crippen molar-refractivity contribution in [3.05, 3.63) is 0 Å². The SMILES string of the molecule is CCCC[N+](CCCC)(CCCC)CCCSS(C)(=O)=O.[Br-]. The Balaban J connectivity index is 0. The van der Waals surface area contributed by atoms with Crippen LogP contribution in [0.4, 0.5) is 0 Å². The van der Waals surface area contributed by atoms with E-state index in [0.717, 1.165) is 29.5 Å². The summed E-state index contributed by atoms with van der Waals surface area (Å²) in [5.41, 5.74) is 0. The minimum absolute atomic E-state index is 0. The Morgan fingerprint density at radius 1 is 0.773 bits per heavy atom. The largest absolute Gasteiger partial charge is 1.00 e. The molecule has 0 radical (unpaired) electrons. The van der Waals surface area contributed by atoms with Gasteiger partial charge in [-0.05, 0) is 30.1 Å². The van der Waals surface area contributed by atoms with E-state index in [0.29, 0.717) is 0 Å². The van der Waals surface area contributed by atoms with Gasteiger partial charge in [0.25, 0.3) is 0 Å². The fourth-order valence-corrected chi connectivity index (χ4v) is 4.57. The summed E-state index contributed by atoms with van der Waals surface area (Å²) in [5.74, 6) is 0.739. The molecule has 0 saturated heterocycles. The van der Waals surface area contributed by atoms with Crippen molar-refractivity contribution in [1.29, 1.82) is 0 Å². The van der Waals surface area contributed by atoms with Crippen LogP contribution in [0.25, 0.3) is 0 Å². The lowest BCUT2D eigenvalue weighted by Gasteiger charge is -2.39. The molecule has 0 spiro atoms. The van der Waals surface area contributed by atoms with Crippen molar-refractivity contribution in [1.82, 2.24) is 0 Å². The number of halogens is 1. The van der Waals surface area contributed by atoms with Gasteiger partial charge in [0.2, 0.25) is 0 Å². The normalized spacial score (nSPS) is 12.2. The van der Waals surface area contributed by atoms with Gasteiger partial charge < -0.3 is 21.5 Å². The maximum Gasteiger partial charge on any atom is 0.198 e. The number of quaternary nitrogens is 1. The Morgan fingerprint density at radius 2 is 1.14 bits per heavy atom. The second kappa shape index (κ2) is 14.1. The van der Waals surface area contributed by atoms with Crippen molar-refractivity contribution in [3.63, 3.8) is 0 Å². The summed E-state index contributed by atoms with van der Waals surface area (Å²) >= 11 is 0. The molecule has 6 heteroatoms. The summed E-state index contributed by atoms with van der Waals surface area (Å²) in [6, 6.07) is 0. The van der Waals surface area contributed by atoms with Crippen molar-refractivity contribution >= 4 is 19.7 Å².